The maximum atomic E-state index is 13.4. The van der Waals surface area contributed by atoms with Crippen LogP contribution in [0.3, 0.4) is 0 Å². The summed E-state index contributed by atoms with van der Waals surface area (Å²) >= 11 is 0. The Morgan fingerprint density at radius 3 is 2.39 bits per heavy atom. The molecule has 4 rings (SSSR count). The van der Waals surface area contributed by atoms with Crippen molar-refractivity contribution in [2.45, 2.75) is 95.7 Å². The summed E-state index contributed by atoms with van der Waals surface area (Å²) < 4.78 is 6.55. The number of benzene rings is 2. The smallest absolute Gasteiger partial charge is 0.226 e. The molecule has 0 unspecified atom stereocenters. The standard InChI is InChI=1S/C33H48N2O5Si/c1-25-29(19-16-26-14-17-28(18-15-26)35-20-10-5-4-9-13-31(35)37)40-30(33(25)41(2,3)39)23-32(38)34(21-22-36)24-27-11-7-6-8-12-27/h6-8,11-12,14-15,17-18,25,29-30,33,36,39H,4-5,9-10,13,16,19-24H2,1-3H3/t25-,29+,30-,33+/m1/s1. The van der Waals surface area contributed by atoms with Crippen LogP contribution in [0.1, 0.15) is 63.0 Å². The lowest BCUT2D eigenvalue weighted by molar-refractivity contribution is -0.135. The van der Waals surface area contributed by atoms with Gasteiger partial charge in [-0.05, 0) is 68.0 Å². The minimum Gasteiger partial charge on any atom is -0.432 e. The van der Waals surface area contributed by atoms with E-state index in [0.29, 0.717) is 13.0 Å². The molecule has 224 valence electrons. The summed E-state index contributed by atoms with van der Waals surface area (Å²) in [5.41, 5.74) is 3.13. The third-order valence-corrected chi connectivity index (χ3v) is 11.4. The molecule has 7 nitrogen and oxygen atoms in total. The minimum absolute atomic E-state index is 0.0484. The van der Waals surface area contributed by atoms with Crippen LogP contribution in [0.25, 0.3) is 0 Å². The van der Waals surface area contributed by atoms with Crippen LogP contribution < -0.4 is 4.90 Å². The number of ether oxygens (including phenoxy) is 1. The summed E-state index contributed by atoms with van der Waals surface area (Å²) in [5, 5.41) is 9.62. The van der Waals surface area contributed by atoms with E-state index >= 15 is 0 Å². The van der Waals surface area contributed by atoms with Crippen LogP contribution in [-0.2, 0) is 27.3 Å². The lowest BCUT2D eigenvalue weighted by atomic mass is 9.95. The van der Waals surface area contributed by atoms with Crippen molar-refractivity contribution in [3.8, 4) is 0 Å². The van der Waals surface area contributed by atoms with Crippen LogP contribution in [0.5, 0.6) is 0 Å². The molecule has 2 N–H and O–H groups in total. The Morgan fingerprint density at radius 1 is 1.00 bits per heavy atom. The largest absolute Gasteiger partial charge is 0.432 e. The zero-order valence-corrected chi connectivity index (χ0v) is 26.0. The van der Waals surface area contributed by atoms with Crippen molar-refractivity contribution < 1.29 is 24.2 Å². The number of nitrogens with zero attached hydrogens (tertiary/aromatic N) is 2. The molecule has 2 amide bonds. The second-order valence-electron chi connectivity index (χ2n) is 12.4. The average molecular weight is 581 g/mol. The normalized spacial score (nSPS) is 23.7. The van der Waals surface area contributed by atoms with Gasteiger partial charge in [-0.15, -0.1) is 0 Å². The summed E-state index contributed by atoms with van der Waals surface area (Å²) in [5.74, 6) is 0.297. The van der Waals surface area contributed by atoms with Crippen LogP contribution >= 0.6 is 0 Å². The molecule has 0 bridgehead atoms. The number of aliphatic hydroxyl groups is 1. The number of hydrogen-bond donors (Lipinski definition) is 2. The Kier molecular flexibility index (Phi) is 11.2. The first-order valence-electron chi connectivity index (χ1n) is 15.4. The Morgan fingerprint density at radius 2 is 1.71 bits per heavy atom. The molecule has 41 heavy (non-hydrogen) atoms. The van der Waals surface area contributed by atoms with Gasteiger partial charge in [0, 0.05) is 37.3 Å². The first kappa shape index (κ1) is 31.4. The van der Waals surface area contributed by atoms with E-state index in [4.69, 9.17) is 4.74 Å². The Balaban J connectivity index is 1.39. The number of hydrogen-bond acceptors (Lipinski definition) is 5. The van der Waals surface area contributed by atoms with Crippen LogP contribution in [0.15, 0.2) is 54.6 Å². The Hall–Kier alpha value is -2.52. The molecule has 0 spiro atoms. The van der Waals surface area contributed by atoms with Gasteiger partial charge >= 0.3 is 0 Å². The minimum atomic E-state index is -2.62. The van der Waals surface area contributed by atoms with Gasteiger partial charge in [-0.3, -0.25) is 9.59 Å². The molecule has 2 aromatic carbocycles. The lowest BCUT2D eigenvalue weighted by Crippen LogP contribution is -2.42. The summed E-state index contributed by atoms with van der Waals surface area (Å²) in [7, 11) is -2.62. The van der Waals surface area contributed by atoms with Crippen LogP contribution in [0.2, 0.25) is 18.6 Å². The van der Waals surface area contributed by atoms with Crippen molar-refractivity contribution in [3.05, 3.63) is 65.7 Å². The number of rotatable bonds is 11. The van der Waals surface area contributed by atoms with Gasteiger partial charge in [-0.2, -0.15) is 0 Å². The molecule has 8 heteroatoms. The first-order chi connectivity index (χ1) is 19.7. The predicted molar refractivity (Wildman–Crippen MR) is 165 cm³/mol. The van der Waals surface area contributed by atoms with Crippen molar-refractivity contribution in [1.82, 2.24) is 4.90 Å². The van der Waals surface area contributed by atoms with Crippen molar-refractivity contribution in [2.24, 2.45) is 5.92 Å². The monoisotopic (exact) mass is 580 g/mol. The van der Waals surface area contributed by atoms with Crippen molar-refractivity contribution >= 4 is 25.8 Å². The number of aliphatic hydroxyl groups excluding tert-OH is 1. The molecule has 4 atom stereocenters. The second-order valence-corrected chi connectivity index (χ2v) is 16.4. The van der Waals surface area contributed by atoms with E-state index in [2.05, 4.69) is 31.2 Å². The predicted octanol–water partition coefficient (Wildman–Crippen LogP) is 5.30. The molecule has 2 aliphatic rings. The number of carbonyl (C=O) groups excluding carboxylic acids is 2. The third-order valence-electron chi connectivity index (χ3n) is 8.82. The fraction of sp³-hybridized carbons (Fsp3) is 0.576. The number of carbonyl (C=O) groups is 2. The molecule has 2 heterocycles. The van der Waals surface area contributed by atoms with E-state index in [1.165, 1.54) is 12.0 Å². The van der Waals surface area contributed by atoms with E-state index < -0.39 is 8.32 Å². The fourth-order valence-electron chi connectivity index (χ4n) is 6.71. The zero-order chi connectivity index (χ0) is 29.4. The molecule has 0 aromatic heterocycles. The molecular formula is C33H48N2O5Si. The topological polar surface area (TPSA) is 90.3 Å². The van der Waals surface area contributed by atoms with Crippen molar-refractivity contribution in [3.63, 3.8) is 0 Å². The zero-order valence-electron chi connectivity index (χ0n) is 25.0. The number of amides is 2. The molecule has 2 fully saturated rings. The highest BCUT2D eigenvalue weighted by Crippen LogP contribution is 2.45. The van der Waals surface area contributed by atoms with E-state index in [9.17, 15) is 19.5 Å². The quantitative estimate of drug-likeness (QED) is 0.352. The third kappa shape index (κ3) is 8.50. The van der Waals surface area contributed by atoms with Gasteiger partial charge in [0.1, 0.15) is 0 Å². The first-order valence-corrected chi connectivity index (χ1v) is 18.4. The van der Waals surface area contributed by atoms with Gasteiger partial charge in [-0.1, -0.05) is 62.2 Å². The Bertz CT molecular complexity index is 1120. The summed E-state index contributed by atoms with van der Waals surface area (Å²) in [4.78, 5) is 40.9. The summed E-state index contributed by atoms with van der Waals surface area (Å²) in [6, 6.07) is 18.1. The lowest BCUT2D eigenvalue weighted by Gasteiger charge is -2.31. The van der Waals surface area contributed by atoms with E-state index in [1.807, 2.05) is 48.3 Å². The number of aryl methyl sites for hydroxylation is 1. The van der Waals surface area contributed by atoms with E-state index in [1.54, 1.807) is 4.90 Å². The SMILES string of the molecule is C[C@H]1[C@H]([Si](C)(C)O)[C@@H](CC(=O)N(CCO)Cc2ccccc2)O[C@H]1CCc1ccc(N2CCCCCCC2=O)cc1. The summed E-state index contributed by atoms with van der Waals surface area (Å²) in [6.45, 7) is 7.43. The van der Waals surface area contributed by atoms with Gasteiger partial charge in [0.05, 0.1) is 25.2 Å². The summed E-state index contributed by atoms with van der Waals surface area (Å²) in [6.07, 6.45) is 6.40. The van der Waals surface area contributed by atoms with Crippen LogP contribution in [0.4, 0.5) is 5.69 Å². The highest BCUT2D eigenvalue weighted by atomic mass is 28.4. The highest BCUT2D eigenvalue weighted by molar-refractivity contribution is 6.71. The molecule has 0 saturated carbocycles. The fourth-order valence-corrected chi connectivity index (χ4v) is 9.32. The van der Waals surface area contributed by atoms with Crippen LogP contribution in [-0.4, -0.2) is 66.8 Å². The van der Waals surface area contributed by atoms with Crippen LogP contribution in [0, 0.1) is 5.92 Å². The van der Waals surface area contributed by atoms with Crippen molar-refractivity contribution in [2.75, 3.05) is 24.6 Å². The molecule has 2 aliphatic heterocycles. The average Bonchev–Trinajstić information content (AvgIpc) is 3.25. The van der Waals surface area contributed by atoms with Gasteiger partial charge < -0.3 is 24.4 Å². The number of anilines is 1. The van der Waals surface area contributed by atoms with Gasteiger partial charge in [0.15, 0.2) is 8.32 Å². The maximum absolute atomic E-state index is 13.4. The van der Waals surface area contributed by atoms with E-state index in [0.717, 1.165) is 49.9 Å². The van der Waals surface area contributed by atoms with Gasteiger partial charge in [-0.25, -0.2) is 0 Å². The molecular weight excluding hydrogens is 532 g/mol. The van der Waals surface area contributed by atoms with E-state index in [-0.39, 0.29) is 55.1 Å². The Labute approximate surface area is 246 Å². The van der Waals surface area contributed by atoms with Gasteiger partial charge in [0.2, 0.25) is 11.8 Å². The molecule has 2 saturated heterocycles. The molecule has 2 aromatic rings. The second kappa shape index (κ2) is 14.6. The molecule has 0 aliphatic carbocycles. The highest BCUT2D eigenvalue weighted by Gasteiger charge is 2.50. The van der Waals surface area contributed by atoms with Gasteiger partial charge in [0.25, 0.3) is 0 Å². The molecule has 0 radical (unpaired) electrons. The van der Waals surface area contributed by atoms with Crippen molar-refractivity contribution in [1.29, 1.82) is 0 Å². The maximum Gasteiger partial charge on any atom is 0.226 e.